The van der Waals surface area contributed by atoms with Gasteiger partial charge in [-0.1, -0.05) is 19.1 Å². The number of sulfone groups is 1. The maximum absolute atomic E-state index is 11.8. The quantitative estimate of drug-likeness (QED) is 0.720. The molecule has 0 heterocycles. The van der Waals surface area contributed by atoms with Crippen molar-refractivity contribution in [3.8, 4) is 5.75 Å². The summed E-state index contributed by atoms with van der Waals surface area (Å²) >= 11 is 0. The number of hydrogen-bond donors (Lipinski definition) is 1. The number of rotatable bonds is 10. The maximum Gasteiger partial charge on any atom is 0.150 e. The van der Waals surface area contributed by atoms with Crippen molar-refractivity contribution >= 4 is 9.84 Å². The Morgan fingerprint density at radius 2 is 1.86 bits per heavy atom. The van der Waals surface area contributed by atoms with E-state index in [0.29, 0.717) is 24.5 Å². The van der Waals surface area contributed by atoms with Crippen molar-refractivity contribution in [2.24, 2.45) is 5.92 Å². The Labute approximate surface area is 128 Å². The Morgan fingerprint density at radius 3 is 2.38 bits per heavy atom. The van der Waals surface area contributed by atoms with Crippen LogP contribution in [0.2, 0.25) is 0 Å². The molecule has 1 aromatic rings. The predicted octanol–water partition coefficient (Wildman–Crippen LogP) is 2.29. The molecule has 0 radical (unpaired) electrons. The number of hydrogen-bond acceptors (Lipinski definition) is 4. The third kappa shape index (κ3) is 6.96. The molecule has 120 valence electrons. The number of benzene rings is 1. The average Bonchev–Trinajstić information content (AvgIpc) is 2.46. The van der Waals surface area contributed by atoms with Crippen LogP contribution in [0.1, 0.15) is 25.3 Å². The molecule has 1 aromatic carbocycles. The zero-order valence-electron chi connectivity index (χ0n) is 13.3. The molecule has 4 nitrogen and oxygen atoms in total. The van der Waals surface area contributed by atoms with E-state index >= 15 is 0 Å². The van der Waals surface area contributed by atoms with Gasteiger partial charge in [0, 0.05) is 5.75 Å². The molecule has 1 unspecified atom stereocenters. The largest absolute Gasteiger partial charge is 0.497 e. The van der Waals surface area contributed by atoms with Crippen LogP contribution >= 0.6 is 0 Å². The smallest absolute Gasteiger partial charge is 0.150 e. The normalized spacial score (nSPS) is 13.1. The van der Waals surface area contributed by atoms with Gasteiger partial charge >= 0.3 is 0 Å². The predicted molar refractivity (Wildman–Crippen MR) is 87.7 cm³/mol. The fourth-order valence-electron chi connectivity index (χ4n) is 2.42. The standard InChI is InChI=1S/C16H27NO3S/c1-4-10-21(18,19)11-9-15(13-17-2)12-14-5-7-16(20-3)8-6-14/h5-8,15,17H,4,9-13H2,1-3H3. The summed E-state index contributed by atoms with van der Waals surface area (Å²) in [4.78, 5) is 0. The SMILES string of the molecule is CCCS(=O)(=O)CCC(CNC)Cc1ccc(OC)cc1. The van der Waals surface area contributed by atoms with Crippen LogP contribution in [0.25, 0.3) is 0 Å². The third-order valence-corrected chi connectivity index (χ3v) is 5.42. The Morgan fingerprint density at radius 1 is 1.19 bits per heavy atom. The van der Waals surface area contributed by atoms with Crippen LogP contribution in [-0.4, -0.2) is 40.6 Å². The van der Waals surface area contributed by atoms with Gasteiger partial charge in [-0.25, -0.2) is 8.42 Å². The molecule has 1 rings (SSSR count). The molecule has 0 saturated heterocycles. The van der Waals surface area contributed by atoms with Gasteiger partial charge in [0.25, 0.3) is 0 Å². The minimum absolute atomic E-state index is 0.281. The molecule has 0 saturated carbocycles. The topological polar surface area (TPSA) is 55.4 Å². The van der Waals surface area contributed by atoms with E-state index in [4.69, 9.17) is 4.74 Å². The summed E-state index contributed by atoms with van der Waals surface area (Å²) in [5.74, 6) is 1.75. The number of nitrogens with one attached hydrogen (secondary N) is 1. The first-order valence-corrected chi connectivity index (χ1v) is 9.30. The summed E-state index contributed by atoms with van der Waals surface area (Å²) in [6.07, 6.45) is 2.28. The van der Waals surface area contributed by atoms with Crippen LogP contribution < -0.4 is 10.1 Å². The second-order valence-electron chi connectivity index (χ2n) is 5.42. The summed E-state index contributed by atoms with van der Waals surface area (Å²) in [5.41, 5.74) is 1.21. The van der Waals surface area contributed by atoms with Crippen molar-refractivity contribution in [2.75, 3.05) is 32.2 Å². The molecule has 1 N–H and O–H groups in total. The fourth-order valence-corrected chi connectivity index (χ4v) is 3.94. The van der Waals surface area contributed by atoms with Gasteiger partial charge in [-0.3, -0.25) is 0 Å². The van der Waals surface area contributed by atoms with Gasteiger partial charge in [0.15, 0.2) is 0 Å². The molecular weight excluding hydrogens is 286 g/mol. The summed E-state index contributed by atoms with van der Waals surface area (Å²) in [6, 6.07) is 7.98. The first-order chi connectivity index (χ1) is 10.0. The summed E-state index contributed by atoms with van der Waals surface area (Å²) < 4.78 is 28.8. The Hall–Kier alpha value is -1.07. The zero-order chi connectivity index (χ0) is 15.7. The zero-order valence-corrected chi connectivity index (χ0v) is 14.1. The molecule has 5 heteroatoms. The first kappa shape index (κ1) is 18.0. The molecule has 0 fully saturated rings. The van der Waals surface area contributed by atoms with Crippen LogP contribution in [0.5, 0.6) is 5.75 Å². The minimum atomic E-state index is -2.90. The molecular formula is C16H27NO3S. The number of methoxy groups -OCH3 is 1. The van der Waals surface area contributed by atoms with Crippen molar-refractivity contribution in [1.29, 1.82) is 0 Å². The second kappa shape index (κ2) is 9.05. The van der Waals surface area contributed by atoms with Crippen molar-refractivity contribution < 1.29 is 13.2 Å². The lowest BCUT2D eigenvalue weighted by atomic mass is 9.97. The van der Waals surface area contributed by atoms with Crippen molar-refractivity contribution in [3.05, 3.63) is 29.8 Å². The van der Waals surface area contributed by atoms with E-state index in [1.165, 1.54) is 5.56 Å². The van der Waals surface area contributed by atoms with Crippen LogP contribution in [0.15, 0.2) is 24.3 Å². The van der Waals surface area contributed by atoms with Gasteiger partial charge < -0.3 is 10.1 Å². The van der Waals surface area contributed by atoms with E-state index in [2.05, 4.69) is 5.32 Å². The van der Waals surface area contributed by atoms with Gasteiger partial charge in [-0.2, -0.15) is 0 Å². The molecule has 0 spiro atoms. The summed E-state index contributed by atoms with van der Waals surface area (Å²) in [6.45, 7) is 2.73. The highest BCUT2D eigenvalue weighted by molar-refractivity contribution is 7.91. The molecule has 0 bridgehead atoms. The van der Waals surface area contributed by atoms with Crippen LogP contribution in [0.3, 0.4) is 0 Å². The fraction of sp³-hybridized carbons (Fsp3) is 0.625. The molecule has 0 amide bonds. The van der Waals surface area contributed by atoms with Gasteiger partial charge in [0.05, 0.1) is 12.9 Å². The van der Waals surface area contributed by atoms with Crippen molar-refractivity contribution in [1.82, 2.24) is 5.32 Å². The van der Waals surface area contributed by atoms with Gasteiger partial charge in [-0.05, 0) is 56.5 Å². The summed E-state index contributed by atoms with van der Waals surface area (Å²) in [5, 5.41) is 3.16. The second-order valence-corrected chi connectivity index (χ2v) is 7.72. The number of ether oxygens (including phenoxy) is 1. The molecule has 21 heavy (non-hydrogen) atoms. The van der Waals surface area contributed by atoms with E-state index < -0.39 is 9.84 Å². The lowest BCUT2D eigenvalue weighted by Gasteiger charge is -2.17. The highest BCUT2D eigenvalue weighted by Crippen LogP contribution is 2.17. The van der Waals surface area contributed by atoms with Gasteiger partial charge in [-0.15, -0.1) is 0 Å². The molecule has 1 atom stereocenters. The van der Waals surface area contributed by atoms with Crippen LogP contribution in [0.4, 0.5) is 0 Å². The van der Waals surface area contributed by atoms with Crippen molar-refractivity contribution in [2.45, 2.75) is 26.2 Å². The Kier molecular flexibility index (Phi) is 7.75. The monoisotopic (exact) mass is 313 g/mol. The highest BCUT2D eigenvalue weighted by atomic mass is 32.2. The lowest BCUT2D eigenvalue weighted by molar-refractivity contribution is 0.414. The van der Waals surface area contributed by atoms with E-state index in [0.717, 1.165) is 18.7 Å². The first-order valence-electron chi connectivity index (χ1n) is 7.48. The third-order valence-electron chi connectivity index (χ3n) is 3.53. The summed E-state index contributed by atoms with van der Waals surface area (Å²) in [7, 11) is 0.659. The van der Waals surface area contributed by atoms with Gasteiger partial charge in [0.2, 0.25) is 0 Å². The van der Waals surface area contributed by atoms with Crippen LogP contribution in [-0.2, 0) is 16.3 Å². The Bertz CT molecular complexity index is 497. The highest BCUT2D eigenvalue weighted by Gasteiger charge is 2.15. The molecule has 0 aliphatic rings. The minimum Gasteiger partial charge on any atom is -0.497 e. The van der Waals surface area contributed by atoms with Crippen molar-refractivity contribution in [3.63, 3.8) is 0 Å². The lowest BCUT2D eigenvalue weighted by Crippen LogP contribution is -2.24. The van der Waals surface area contributed by atoms with Crippen LogP contribution in [0, 0.1) is 5.92 Å². The molecule has 0 aromatic heterocycles. The van der Waals surface area contributed by atoms with E-state index in [-0.39, 0.29) is 5.75 Å². The molecule has 0 aliphatic heterocycles. The van der Waals surface area contributed by atoms with E-state index in [1.807, 2.05) is 38.2 Å². The van der Waals surface area contributed by atoms with Gasteiger partial charge in [0.1, 0.15) is 15.6 Å². The van der Waals surface area contributed by atoms with E-state index in [9.17, 15) is 8.42 Å². The average molecular weight is 313 g/mol. The molecule has 0 aliphatic carbocycles. The maximum atomic E-state index is 11.8. The Balaban J connectivity index is 2.60. The van der Waals surface area contributed by atoms with E-state index in [1.54, 1.807) is 7.11 Å².